The van der Waals surface area contributed by atoms with E-state index in [1.165, 1.54) is 36.4 Å². The van der Waals surface area contributed by atoms with Gasteiger partial charge in [0.05, 0.1) is 4.90 Å². The molecular weight excluding hydrogens is 531 g/mol. The number of amides is 1. The van der Waals surface area contributed by atoms with Gasteiger partial charge in [0.25, 0.3) is 0 Å². The monoisotopic (exact) mass is 552 g/mol. The molecule has 0 aliphatic rings. The molecule has 0 spiro atoms. The van der Waals surface area contributed by atoms with E-state index in [0.29, 0.717) is 10.9 Å². The highest BCUT2D eigenvalue weighted by Crippen LogP contribution is 2.35. The van der Waals surface area contributed by atoms with Crippen LogP contribution in [0.1, 0.15) is 27.4 Å². The van der Waals surface area contributed by atoms with Gasteiger partial charge < -0.3 is 4.98 Å². The van der Waals surface area contributed by atoms with Gasteiger partial charge in [-0.2, -0.15) is 0 Å². The molecule has 0 bridgehead atoms. The lowest BCUT2D eigenvalue weighted by Crippen LogP contribution is -2.68. The van der Waals surface area contributed by atoms with Crippen molar-refractivity contribution >= 4 is 26.8 Å². The Balaban J connectivity index is 0.000000695. The van der Waals surface area contributed by atoms with Crippen molar-refractivity contribution in [3.8, 4) is 11.1 Å². The van der Waals surface area contributed by atoms with Gasteiger partial charge in [0, 0.05) is 48.0 Å². The van der Waals surface area contributed by atoms with Crippen molar-refractivity contribution in [1.82, 2.24) is 4.98 Å². The summed E-state index contributed by atoms with van der Waals surface area (Å²) in [5.74, 6) is -1.05. The highest BCUT2D eigenvalue weighted by molar-refractivity contribution is 7.89. The van der Waals surface area contributed by atoms with Gasteiger partial charge in [-0.05, 0) is 36.8 Å². The second-order valence-corrected chi connectivity index (χ2v) is 10.4. The third-order valence-corrected chi connectivity index (χ3v) is 6.17. The summed E-state index contributed by atoms with van der Waals surface area (Å²) in [6.45, 7) is 5.69. The van der Waals surface area contributed by atoms with Crippen LogP contribution in [-0.4, -0.2) is 19.3 Å². The van der Waals surface area contributed by atoms with E-state index in [1.54, 1.807) is 10.7 Å². The summed E-state index contributed by atoms with van der Waals surface area (Å²) in [6.07, 6.45) is 0. The summed E-state index contributed by atoms with van der Waals surface area (Å²) in [5, 5.41) is 5.66. The van der Waals surface area contributed by atoms with Crippen molar-refractivity contribution in [1.29, 1.82) is 0 Å². The molecule has 0 aliphatic heterocycles. The van der Waals surface area contributed by atoms with Crippen LogP contribution in [0.2, 0.25) is 0 Å². The van der Waals surface area contributed by atoms with E-state index in [0.717, 1.165) is 17.0 Å². The van der Waals surface area contributed by atoms with Gasteiger partial charge in [0.1, 0.15) is 11.5 Å². The molecule has 11 nitrogen and oxygen atoms in total. The Morgan fingerprint density at radius 3 is 2.11 bits per heavy atom. The second kappa shape index (κ2) is 10.5. The molecule has 37 heavy (non-hydrogen) atoms. The Kier molecular flexibility index (Phi) is 8.00. The first-order valence-corrected chi connectivity index (χ1v) is 13.2. The molecule has 0 saturated carbocycles. The smallest absolute Gasteiger partial charge is 0.322 e. The van der Waals surface area contributed by atoms with Crippen molar-refractivity contribution < 1.29 is 51.2 Å². The number of carbonyl (C=O) groups excluding carboxylic acids is 1. The largest absolute Gasteiger partial charge is 0.350 e. The molecule has 0 saturated heterocycles. The van der Waals surface area contributed by atoms with Gasteiger partial charge in [0.2, 0.25) is 21.4 Å². The lowest BCUT2D eigenvalue weighted by Gasteiger charge is -2.17. The van der Waals surface area contributed by atoms with E-state index in [2.05, 4.69) is 10.4 Å². The Labute approximate surface area is 213 Å². The van der Waals surface area contributed by atoms with Crippen molar-refractivity contribution in [3.05, 3.63) is 83.1 Å². The maximum Gasteiger partial charge on any atom is 0.322 e. The Bertz CT molecular complexity index is 1570. The first kappa shape index (κ1) is 28.1. The summed E-state index contributed by atoms with van der Waals surface area (Å²) in [6, 6.07) is 14.0. The first-order valence-electron chi connectivity index (χ1n) is 10.4. The number of carbonyl (C=O) groups is 1. The maximum absolute atomic E-state index is 14.8. The summed E-state index contributed by atoms with van der Waals surface area (Å²) in [5.41, 5.74) is 6.52. The van der Waals surface area contributed by atoms with E-state index >= 15 is 0 Å². The number of halogens is 2. The van der Waals surface area contributed by atoms with Crippen LogP contribution >= 0.6 is 0 Å². The number of aromatic amines is 1. The number of nitrogens with zero attached hydrogens (tertiary/aromatic N) is 1. The normalized spacial score (nSPS) is 11.7. The van der Waals surface area contributed by atoms with Crippen molar-refractivity contribution in [2.24, 2.45) is 5.14 Å². The molecule has 0 radical (unpaired) electrons. The molecule has 0 aliphatic carbocycles. The fourth-order valence-corrected chi connectivity index (χ4v) is 4.44. The summed E-state index contributed by atoms with van der Waals surface area (Å²) < 4.78 is 74.2. The number of aromatic nitrogens is 2. The van der Waals surface area contributed by atoms with E-state index in [1.807, 2.05) is 32.9 Å². The van der Waals surface area contributed by atoms with Crippen LogP contribution in [0.3, 0.4) is 0 Å². The molecule has 0 atom stereocenters. The van der Waals surface area contributed by atoms with Crippen LogP contribution < -0.4 is 33.9 Å². The lowest BCUT2D eigenvalue weighted by molar-refractivity contribution is -2.00. The number of benzene rings is 2. The van der Waals surface area contributed by atoms with Crippen LogP contribution in [0.25, 0.3) is 22.0 Å². The van der Waals surface area contributed by atoms with Crippen LogP contribution in [0.15, 0.2) is 59.5 Å². The molecule has 4 aromatic rings. The molecule has 4 rings (SSSR count). The van der Waals surface area contributed by atoms with Crippen molar-refractivity contribution in [3.63, 3.8) is 0 Å². The zero-order valence-electron chi connectivity index (χ0n) is 19.7. The van der Waals surface area contributed by atoms with E-state index in [4.69, 9.17) is 23.8 Å². The molecule has 2 aromatic carbocycles. The zero-order valence-corrected chi connectivity index (χ0v) is 21.3. The predicted octanol–water partition coefficient (Wildman–Crippen LogP) is -1.54. The van der Waals surface area contributed by atoms with Gasteiger partial charge in [-0.1, -0.05) is 22.9 Å². The van der Waals surface area contributed by atoms with Gasteiger partial charge in [-0.25, -0.2) is 36.6 Å². The minimum Gasteiger partial charge on any atom is -0.350 e. The SMILES string of the molecule is Cc1cc(C)[n+](NC(=O)c2[nH]c3ccc(S(N)(=O)=O)cc3c2-c2ccccc2F)c(C)c1.[O-][Cl+3]([O-])([O-])[O-]. The van der Waals surface area contributed by atoms with E-state index < -0.39 is 32.0 Å². The molecule has 1 amide bonds. The number of primary sulfonamides is 1. The summed E-state index contributed by atoms with van der Waals surface area (Å²) >= 11 is 0. The number of rotatable bonds is 4. The highest BCUT2D eigenvalue weighted by atomic mass is 35.7. The molecule has 0 fully saturated rings. The van der Waals surface area contributed by atoms with Gasteiger partial charge in [-0.15, -0.1) is 15.7 Å². The Morgan fingerprint density at radius 2 is 1.57 bits per heavy atom. The predicted molar refractivity (Wildman–Crippen MR) is 120 cm³/mol. The zero-order chi connectivity index (χ0) is 27.7. The maximum atomic E-state index is 14.8. The number of H-pyrrole nitrogens is 1. The van der Waals surface area contributed by atoms with E-state index in [-0.39, 0.29) is 21.7 Å². The second-order valence-electron chi connectivity index (χ2n) is 8.08. The third-order valence-electron chi connectivity index (χ3n) is 5.26. The average molecular weight is 553 g/mol. The van der Waals surface area contributed by atoms with Crippen LogP contribution in [0, 0.1) is 36.8 Å². The number of hydrogen-bond donors (Lipinski definition) is 3. The van der Waals surface area contributed by atoms with Crippen molar-refractivity contribution in [2.45, 2.75) is 25.7 Å². The molecule has 14 heteroatoms. The number of nitrogens with two attached hydrogens (primary N) is 1. The highest BCUT2D eigenvalue weighted by Gasteiger charge is 2.26. The molecule has 4 N–H and O–H groups in total. The van der Waals surface area contributed by atoms with Crippen molar-refractivity contribution in [2.75, 3.05) is 5.43 Å². The number of pyridine rings is 1. The lowest BCUT2D eigenvalue weighted by atomic mass is 10.0. The van der Waals surface area contributed by atoms with Crippen LogP contribution in [-0.2, 0) is 10.0 Å². The van der Waals surface area contributed by atoms with Crippen LogP contribution in [0.5, 0.6) is 0 Å². The third kappa shape index (κ3) is 6.87. The molecule has 2 aromatic heterocycles. The molecule has 0 unspecified atom stereocenters. The summed E-state index contributed by atoms with van der Waals surface area (Å²) in [7, 11) is -8.93. The van der Waals surface area contributed by atoms with Crippen LogP contribution in [0.4, 0.5) is 4.39 Å². The fourth-order valence-electron chi connectivity index (χ4n) is 3.90. The van der Waals surface area contributed by atoms with Gasteiger partial charge in [-0.3, -0.25) is 4.79 Å². The number of aryl methyl sites for hydroxylation is 3. The number of nitrogens with one attached hydrogen (secondary N) is 2. The summed E-state index contributed by atoms with van der Waals surface area (Å²) in [4.78, 5) is 16.2. The number of fused-ring (bicyclic) bond motifs is 1. The number of hydrogen-bond acceptors (Lipinski definition) is 7. The standard InChI is InChI=1S/C23H21FN4O3S.ClHO4/c1-13-10-14(2)28(15(3)11-13)27-23(29)22-21(17-6-4-5-7-19(17)24)18-12-16(32(25,30)31)8-9-20(18)26-22;2-1(3,4)5/h4-12H,1-3H3,(H3-,25,26,27,29,30,31);(H,2,3,4,5). The van der Waals surface area contributed by atoms with Gasteiger partial charge >= 0.3 is 5.91 Å². The number of sulfonamides is 1. The Morgan fingerprint density at radius 1 is 1.00 bits per heavy atom. The molecular formula is C23H22ClFN4O7S. The van der Waals surface area contributed by atoms with E-state index in [9.17, 15) is 17.6 Å². The molecule has 2 heterocycles. The first-order chi connectivity index (χ1) is 17.1. The molecule has 196 valence electrons. The minimum absolute atomic E-state index is 0.101. The van der Waals surface area contributed by atoms with Gasteiger partial charge in [0.15, 0.2) is 0 Å². The quantitative estimate of drug-likeness (QED) is 0.254. The topological polar surface area (TPSA) is 201 Å². The fraction of sp³-hybridized carbons (Fsp3) is 0.130. The minimum atomic E-state index is -4.94. The average Bonchev–Trinajstić information content (AvgIpc) is 3.13. The Hall–Kier alpha value is -3.43.